The molecule has 0 amide bonds. The second-order valence-electron chi connectivity index (χ2n) is 6.96. The van der Waals surface area contributed by atoms with Crippen molar-refractivity contribution in [3.8, 4) is 0 Å². The molecule has 1 heterocycles. The Labute approximate surface area is 156 Å². The number of para-hydroxylation sites is 2. The molecular formula is C20H31N5O. The smallest absolute Gasteiger partial charge is 0.193 e. The molecule has 1 aliphatic carbocycles. The zero-order valence-electron chi connectivity index (χ0n) is 16.0. The molecule has 0 spiro atoms. The number of imidazole rings is 1. The van der Waals surface area contributed by atoms with Gasteiger partial charge in [0.2, 0.25) is 0 Å². The van der Waals surface area contributed by atoms with Crippen molar-refractivity contribution in [2.45, 2.75) is 32.7 Å². The van der Waals surface area contributed by atoms with E-state index in [9.17, 15) is 0 Å². The lowest BCUT2D eigenvalue weighted by atomic mass is 10.3. The molecule has 0 bridgehead atoms. The first-order valence-corrected chi connectivity index (χ1v) is 9.75. The summed E-state index contributed by atoms with van der Waals surface area (Å²) in [5.41, 5.74) is 2.24. The highest BCUT2D eigenvalue weighted by Gasteiger charge is 2.21. The molecule has 1 aromatic heterocycles. The molecule has 0 atom stereocenters. The van der Waals surface area contributed by atoms with Crippen LogP contribution in [0.15, 0.2) is 35.6 Å². The average molecular weight is 358 g/mol. The second kappa shape index (κ2) is 9.57. The topological polar surface area (TPSA) is 54.7 Å². The van der Waals surface area contributed by atoms with E-state index in [1.54, 1.807) is 0 Å². The minimum Gasteiger partial charge on any atom is -0.379 e. The maximum atomic E-state index is 5.74. The predicted octanol–water partition coefficient (Wildman–Crippen LogP) is 2.75. The van der Waals surface area contributed by atoms with Crippen LogP contribution in [-0.2, 0) is 11.3 Å². The molecule has 6 nitrogen and oxygen atoms in total. The first kappa shape index (κ1) is 18.7. The lowest BCUT2D eigenvalue weighted by Crippen LogP contribution is -2.40. The van der Waals surface area contributed by atoms with Crippen LogP contribution in [0.3, 0.4) is 0 Å². The van der Waals surface area contributed by atoms with E-state index in [2.05, 4.69) is 45.9 Å². The molecule has 26 heavy (non-hydrogen) atoms. The Morgan fingerprint density at radius 2 is 2.23 bits per heavy atom. The Hall–Kier alpha value is -2.08. The standard InChI is InChI=1S/C20H31N5O/c1-3-21-20(24(2)13-14-26-15-17-9-10-17)22-11-6-12-25-16-23-18-7-4-5-8-19(18)25/h4-5,7-8,16-17H,3,6,9-15H2,1-2H3,(H,21,22). The molecule has 0 unspecified atom stereocenters. The molecule has 1 aliphatic rings. The summed E-state index contributed by atoms with van der Waals surface area (Å²) in [4.78, 5) is 11.4. The zero-order valence-corrected chi connectivity index (χ0v) is 16.0. The summed E-state index contributed by atoms with van der Waals surface area (Å²) in [6.45, 7) is 7.24. The van der Waals surface area contributed by atoms with Gasteiger partial charge in [0.25, 0.3) is 0 Å². The van der Waals surface area contributed by atoms with Crippen LogP contribution in [0.2, 0.25) is 0 Å². The molecule has 142 valence electrons. The highest BCUT2D eigenvalue weighted by molar-refractivity contribution is 5.79. The number of aryl methyl sites for hydroxylation is 1. The summed E-state index contributed by atoms with van der Waals surface area (Å²) in [5, 5.41) is 3.37. The van der Waals surface area contributed by atoms with Gasteiger partial charge >= 0.3 is 0 Å². The lowest BCUT2D eigenvalue weighted by molar-refractivity contribution is 0.115. The van der Waals surface area contributed by atoms with Crippen LogP contribution in [0.4, 0.5) is 0 Å². The van der Waals surface area contributed by atoms with Gasteiger partial charge in [-0.05, 0) is 44.2 Å². The lowest BCUT2D eigenvalue weighted by Gasteiger charge is -2.22. The van der Waals surface area contributed by atoms with Crippen molar-refractivity contribution in [3.63, 3.8) is 0 Å². The first-order chi connectivity index (χ1) is 12.8. The molecule has 1 fully saturated rings. The second-order valence-corrected chi connectivity index (χ2v) is 6.96. The normalized spacial score (nSPS) is 14.8. The number of hydrogen-bond acceptors (Lipinski definition) is 3. The van der Waals surface area contributed by atoms with Crippen molar-refractivity contribution >= 4 is 17.0 Å². The summed E-state index contributed by atoms with van der Waals surface area (Å²) in [7, 11) is 2.07. The van der Waals surface area contributed by atoms with E-state index in [0.29, 0.717) is 0 Å². The molecule has 0 aliphatic heterocycles. The number of fused-ring (bicyclic) bond motifs is 1. The van der Waals surface area contributed by atoms with Gasteiger partial charge in [0, 0.05) is 39.8 Å². The zero-order chi connectivity index (χ0) is 18.2. The van der Waals surface area contributed by atoms with E-state index in [-0.39, 0.29) is 0 Å². The quantitative estimate of drug-likeness (QED) is 0.404. The fourth-order valence-electron chi connectivity index (χ4n) is 2.93. The number of guanidine groups is 1. The summed E-state index contributed by atoms with van der Waals surface area (Å²) in [6, 6.07) is 8.25. The third kappa shape index (κ3) is 5.46. The van der Waals surface area contributed by atoms with Gasteiger partial charge in [0.05, 0.1) is 24.0 Å². The predicted molar refractivity (Wildman–Crippen MR) is 107 cm³/mol. The van der Waals surface area contributed by atoms with Crippen molar-refractivity contribution in [1.82, 2.24) is 19.8 Å². The highest BCUT2D eigenvalue weighted by Crippen LogP contribution is 2.28. The molecule has 6 heteroatoms. The van der Waals surface area contributed by atoms with Crippen LogP contribution in [0.5, 0.6) is 0 Å². The number of likely N-dealkylation sites (N-methyl/N-ethyl adjacent to an activating group) is 1. The van der Waals surface area contributed by atoms with E-state index < -0.39 is 0 Å². The number of nitrogens with zero attached hydrogens (tertiary/aromatic N) is 4. The van der Waals surface area contributed by atoms with Crippen molar-refractivity contribution in [2.24, 2.45) is 10.9 Å². The Balaban J connectivity index is 1.43. The summed E-state index contributed by atoms with van der Waals surface area (Å²) in [6.07, 6.45) is 5.59. The SMILES string of the molecule is CCNC(=NCCCn1cnc2ccccc21)N(C)CCOCC1CC1. The van der Waals surface area contributed by atoms with Gasteiger partial charge in [0.1, 0.15) is 0 Å². The van der Waals surface area contributed by atoms with Crippen LogP contribution in [0.1, 0.15) is 26.2 Å². The minimum atomic E-state index is 0.762. The molecule has 1 N–H and O–H groups in total. The van der Waals surface area contributed by atoms with E-state index in [0.717, 1.165) is 63.2 Å². The van der Waals surface area contributed by atoms with E-state index in [1.807, 2.05) is 18.5 Å². The fourth-order valence-corrected chi connectivity index (χ4v) is 2.93. The molecule has 0 radical (unpaired) electrons. The van der Waals surface area contributed by atoms with Crippen LogP contribution < -0.4 is 5.32 Å². The van der Waals surface area contributed by atoms with Crippen LogP contribution in [0.25, 0.3) is 11.0 Å². The van der Waals surface area contributed by atoms with Crippen LogP contribution in [-0.4, -0.2) is 60.3 Å². The highest BCUT2D eigenvalue weighted by atomic mass is 16.5. The molecule has 2 aromatic rings. The Morgan fingerprint density at radius 1 is 1.38 bits per heavy atom. The van der Waals surface area contributed by atoms with Gasteiger partial charge in [-0.15, -0.1) is 0 Å². The van der Waals surface area contributed by atoms with Gasteiger partial charge in [-0.25, -0.2) is 4.98 Å². The number of nitrogens with one attached hydrogen (secondary N) is 1. The van der Waals surface area contributed by atoms with Gasteiger partial charge in [-0.3, -0.25) is 4.99 Å². The van der Waals surface area contributed by atoms with Gasteiger partial charge in [-0.1, -0.05) is 12.1 Å². The molecule has 3 rings (SSSR count). The number of ether oxygens (including phenoxy) is 1. The number of aromatic nitrogens is 2. The third-order valence-corrected chi connectivity index (χ3v) is 4.66. The largest absolute Gasteiger partial charge is 0.379 e. The van der Waals surface area contributed by atoms with Crippen molar-refractivity contribution in [3.05, 3.63) is 30.6 Å². The number of benzene rings is 1. The Kier molecular flexibility index (Phi) is 6.89. The first-order valence-electron chi connectivity index (χ1n) is 9.75. The van der Waals surface area contributed by atoms with Gasteiger partial charge in [0.15, 0.2) is 5.96 Å². The Bertz CT molecular complexity index is 707. The maximum absolute atomic E-state index is 5.74. The molecule has 1 saturated carbocycles. The molecule has 0 saturated heterocycles. The monoisotopic (exact) mass is 357 g/mol. The average Bonchev–Trinajstić information content (AvgIpc) is 3.40. The summed E-state index contributed by atoms with van der Waals surface area (Å²) in [5.74, 6) is 1.78. The maximum Gasteiger partial charge on any atom is 0.193 e. The fraction of sp³-hybridized carbons (Fsp3) is 0.600. The summed E-state index contributed by atoms with van der Waals surface area (Å²) < 4.78 is 7.94. The van der Waals surface area contributed by atoms with Gasteiger partial charge < -0.3 is 19.5 Å². The van der Waals surface area contributed by atoms with Crippen molar-refractivity contribution in [2.75, 3.05) is 39.9 Å². The number of aliphatic imine (C=N–C) groups is 1. The van der Waals surface area contributed by atoms with Crippen LogP contribution in [0, 0.1) is 5.92 Å². The Morgan fingerprint density at radius 3 is 3.04 bits per heavy atom. The summed E-state index contributed by atoms with van der Waals surface area (Å²) >= 11 is 0. The van der Waals surface area contributed by atoms with Crippen LogP contribution >= 0.6 is 0 Å². The third-order valence-electron chi connectivity index (χ3n) is 4.66. The molecular weight excluding hydrogens is 326 g/mol. The van der Waals surface area contributed by atoms with Gasteiger partial charge in [-0.2, -0.15) is 0 Å². The number of rotatable bonds is 10. The van der Waals surface area contributed by atoms with Crippen molar-refractivity contribution in [1.29, 1.82) is 0 Å². The van der Waals surface area contributed by atoms with E-state index in [4.69, 9.17) is 9.73 Å². The number of hydrogen-bond donors (Lipinski definition) is 1. The van der Waals surface area contributed by atoms with E-state index in [1.165, 1.54) is 18.4 Å². The molecule has 1 aromatic carbocycles. The van der Waals surface area contributed by atoms with Crippen molar-refractivity contribution < 1.29 is 4.74 Å². The van der Waals surface area contributed by atoms with E-state index >= 15 is 0 Å². The minimum absolute atomic E-state index is 0.762.